The Hall–Kier alpha value is -2.12. The second-order valence-electron chi connectivity index (χ2n) is 5.51. The molecule has 1 saturated heterocycles. The maximum Gasteiger partial charge on any atom is 0.275 e. The van der Waals surface area contributed by atoms with E-state index < -0.39 is 0 Å². The number of nitrogens with two attached hydrogens (primary N) is 1. The Bertz CT molecular complexity index is 725. The number of aryl methyl sites for hydroxylation is 1. The molecule has 8 heteroatoms. The van der Waals surface area contributed by atoms with Crippen molar-refractivity contribution in [3.8, 4) is 5.69 Å². The number of carbonyl (C=O) groups excluding carboxylic acids is 1. The van der Waals surface area contributed by atoms with E-state index in [0.717, 1.165) is 25.0 Å². The van der Waals surface area contributed by atoms with E-state index in [-0.39, 0.29) is 23.5 Å². The van der Waals surface area contributed by atoms with Crippen LogP contribution in [-0.4, -0.2) is 40.2 Å². The van der Waals surface area contributed by atoms with Crippen LogP contribution in [0.4, 0.5) is 5.82 Å². The van der Waals surface area contributed by atoms with E-state index in [9.17, 15) is 4.79 Å². The van der Waals surface area contributed by atoms with Gasteiger partial charge in [-0.05, 0) is 37.5 Å². The number of nitrogens with one attached hydrogen (secondary N) is 1. The van der Waals surface area contributed by atoms with Crippen molar-refractivity contribution in [3.05, 3.63) is 34.5 Å². The number of ether oxygens (including phenoxy) is 1. The van der Waals surface area contributed by atoms with Gasteiger partial charge in [-0.3, -0.25) is 4.79 Å². The van der Waals surface area contributed by atoms with Crippen LogP contribution in [0.5, 0.6) is 0 Å². The van der Waals surface area contributed by atoms with E-state index in [2.05, 4.69) is 15.6 Å². The lowest BCUT2D eigenvalue weighted by Gasteiger charge is -2.10. The Morgan fingerprint density at radius 2 is 2.39 bits per heavy atom. The van der Waals surface area contributed by atoms with Crippen molar-refractivity contribution < 1.29 is 9.53 Å². The lowest BCUT2D eigenvalue weighted by atomic mass is 10.2. The van der Waals surface area contributed by atoms with Gasteiger partial charge in [0, 0.05) is 18.2 Å². The van der Waals surface area contributed by atoms with Gasteiger partial charge in [0.2, 0.25) is 0 Å². The monoisotopic (exact) mass is 335 g/mol. The van der Waals surface area contributed by atoms with E-state index >= 15 is 0 Å². The molecule has 23 heavy (non-hydrogen) atoms. The first-order chi connectivity index (χ1) is 11.1. The lowest BCUT2D eigenvalue weighted by molar-refractivity contribution is 0.0854. The molecule has 2 heterocycles. The first-order valence-corrected chi connectivity index (χ1v) is 7.81. The smallest absolute Gasteiger partial charge is 0.275 e. The molecule has 0 aliphatic carbocycles. The Kier molecular flexibility index (Phi) is 4.49. The first kappa shape index (κ1) is 15.8. The lowest BCUT2D eigenvalue weighted by Crippen LogP contribution is -2.32. The molecular weight excluding hydrogens is 318 g/mol. The van der Waals surface area contributed by atoms with Gasteiger partial charge in [0.15, 0.2) is 11.5 Å². The van der Waals surface area contributed by atoms with Crippen LogP contribution in [0.2, 0.25) is 5.02 Å². The van der Waals surface area contributed by atoms with Crippen LogP contribution in [0.3, 0.4) is 0 Å². The third-order valence-corrected chi connectivity index (χ3v) is 4.24. The fraction of sp³-hybridized carbons (Fsp3) is 0.400. The van der Waals surface area contributed by atoms with Crippen LogP contribution in [0, 0.1) is 6.92 Å². The van der Waals surface area contributed by atoms with Gasteiger partial charge in [0.25, 0.3) is 5.91 Å². The summed E-state index contributed by atoms with van der Waals surface area (Å²) in [6, 6.07) is 5.41. The molecule has 1 fully saturated rings. The number of halogens is 1. The predicted octanol–water partition coefficient (Wildman–Crippen LogP) is 1.72. The molecule has 3 rings (SSSR count). The number of nitrogen functional groups attached to an aromatic ring is 1. The first-order valence-electron chi connectivity index (χ1n) is 7.44. The minimum atomic E-state index is -0.359. The molecule has 0 bridgehead atoms. The zero-order valence-corrected chi connectivity index (χ0v) is 13.5. The van der Waals surface area contributed by atoms with E-state index in [4.69, 9.17) is 22.1 Å². The summed E-state index contributed by atoms with van der Waals surface area (Å²) < 4.78 is 6.86. The van der Waals surface area contributed by atoms with Crippen LogP contribution >= 0.6 is 11.6 Å². The molecule has 2 aromatic rings. The van der Waals surface area contributed by atoms with E-state index in [1.807, 2.05) is 19.1 Å². The van der Waals surface area contributed by atoms with Crippen LogP contribution in [0.25, 0.3) is 5.69 Å². The summed E-state index contributed by atoms with van der Waals surface area (Å²) in [6.07, 6.45) is 2.03. The summed E-state index contributed by atoms with van der Waals surface area (Å²) in [5.41, 5.74) is 7.71. The maximum absolute atomic E-state index is 12.2. The molecule has 0 unspecified atom stereocenters. The second kappa shape index (κ2) is 6.55. The number of rotatable bonds is 4. The highest BCUT2D eigenvalue weighted by molar-refractivity contribution is 6.31. The van der Waals surface area contributed by atoms with Crippen LogP contribution < -0.4 is 11.1 Å². The molecule has 3 N–H and O–H groups in total. The fourth-order valence-corrected chi connectivity index (χ4v) is 2.63. The van der Waals surface area contributed by atoms with Gasteiger partial charge in [-0.25, -0.2) is 0 Å². The van der Waals surface area contributed by atoms with Crippen LogP contribution in [-0.2, 0) is 4.74 Å². The molecule has 1 aromatic heterocycles. The maximum atomic E-state index is 12.2. The molecule has 1 amide bonds. The highest BCUT2D eigenvalue weighted by Crippen LogP contribution is 2.21. The standard InChI is InChI=1S/C15H18ClN5O2/c1-9-4-5-10(7-12(9)16)21-14(17)13(19-20-21)15(22)18-8-11-3-2-6-23-11/h4-5,7,11H,2-3,6,8,17H2,1H3,(H,18,22)/t11-/m0/s1. The third kappa shape index (κ3) is 3.30. The summed E-state index contributed by atoms with van der Waals surface area (Å²) >= 11 is 6.11. The van der Waals surface area contributed by atoms with Gasteiger partial charge in [0.1, 0.15) is 0 Å². The number of benzene rings is 1. The number of amides is 1. The van der Waals surface area contributed by atoms with Gasteiger partial charge in [0.05, 0.1) is 11.8 Å². The molecule has 1 aromatic carbocycles. The van der Waals surface area contributed by atoms with Gasteiger partial charge in [-0.2, -0.15) is 4.68 Å². The molecule has 1 aliphatic rings. The van der Waals surface area contributed by atoms with Crippen LogP contribution in [0.15, 0.2) is 18.2 Å². The molecule has 122 valence electrons. The second-order valence-corrected chi connectivity index (χ2v) is 5.92. The normalized spacial score (nSPS) is 17.4. The molecule has 1 atom stereocenters. The van der Waals surface area contributed by atoms with Crippen molar-refractivity contribution in [1.29, 1.82) is 0 Å². The Labute approximate surface area is 138 Å². The fourth-order valence-electron chi connectivity index (χ4n) is 2.45. The van der Waals surface area contributed by atoms with Gasteiger partial charge < -0.3 is 15.8 Å². The number of aromatic nitrogens is 3. The number of hydrogen-bond donors (Lipinski definition) is 2. The van der Waals surface area contributed by atoms with Gasteiger partial charge in [-0.1, -0.05) is 22.9 Å². The Morgan fingerprint density at radius 3 is 3.09 bits per heavy atom. The Morgan fingerprint density at radius 1 is 1.57 bits per heavy atom. The summed E-state index contributed by atoms with van der Waals surface area (Å²) in [7, 11) is 0. The highest BCUT2D eigenvalue weighted by Gasteiger charge is 2.21. The average Bonchev–Trinajstić information content (AvgIpc) is 3.17. The van der Waals surface area contributed by atoms with Crippen molar-refractivity contribution in [2.45, 2.75) is 25.9 Å². The molecule has 1 aliphatic heterocycles. The minimum Gasteiger partial charge on any atom is -0.382 e. The molecular formula is C15H18ClN5O2. The van der Waals surface area contributed by atoms with Crippen molar-refractivity contribution in [3.63, 3.8) is 0 Å². The van der Waals surface area contributed by atoms with Crippen molar-refractivity contribution in [2.75, 3.05) is 18.9 Å². The van der Waals surface area contributed by atoms with E-state index in [1.54, 1.807) is 6.07 Å². The third-order valence-electron chi connectivity index (χ3n) is 3.83. The molecule has 0 radical (unpaired) electrons. The van der Waals surface area contributed by atoms with Crippen molar-refractivity contribution >= 4 is 23.3 Å². The SMILES string of the molecule is Cc1ccc(-n2nnc(C(=O)NC[C@@H]3CCCO3)c2N)cc1Cl. The molecule has 0 spiro atoms. The van der Waals surface area contributed by atoms with E-state index in [0.29, 0.717) is 17.3 Å². The zero-order valence-electron chi connectivity index (χ0n) is 12.8. The number of nitrogens with zero attached hydrogens (tertiary/aromatic N) is 3. The quantitative estimate of drug-likeness (QED) is 0.887. The van der Waals surface area contributed by atoms with Gasteiger partial charge >= 0.3 is 0 Å². The minimum absolute atomic E-state index is 0.0612. The predicted molar refractivity (Wildman–Crippen MR) is 86.8 cm³/mol. The largest absolute Gasteiger partial charge is 0.382 e. The number of carbonyl (C=O) groups is 1. The zero-order chi connectivity index (χ0) is 16.4. The highest BCUT2D eigenvalue weighted by atomic mass is 35.5. The summed E-state index contributed by atoms with van der Waals surface area (Å²) in [5, 5.41) is 11.2. The van der Waals surface area contributed by atoms with Crippen molar-refractivity contribution in [1.82, 2.24) is 20.3 Å². The summed E-state index contributed by atoms with van der Waals surface area (Å²) in [6.45, 7) is 3.09. The van der Waals surface area contributed by atoms with Crippen LogP contribution in [0.1, 0.15) is 28.9 Å². The summed E-state index contributed by atoms with van der Waals surface area (Å²) in [5.74, 6) is -0.183. The molecule has 7 nitrogen and oxygen atoms in total. The van der Waals surface area contributed by atoms with E-state index in [1.165, 1.54) is 4.68 Å². The van der Waals surface area contributed by atoms with Crippen molar-refractivity contribution in [2.24, 2.45) is 0 Å². The number of hydrogen-bond acceptors (Lipinski definition) is 5. The van der Waals surface area contributed by atoms with Gasteiger partial charge in [-0.15, -0.1) is 5.10 Å². The Balaban J connectivity index is 1.75. The number of anilines is 1. The summed E-state index contributed by atoms with van der Waals surface area (Å²) in [4.78, 5) is 12.2. The molecule has 0 saturated carbocycles. The average molecular weight is 336 g/mol. The topological polar surface area (TPSA) is 95.1 Å².